The maximum atomic E-state index is 17.9. The third-order valence-electron chi connectivity index (χ3n) is 17.3. The molecular weight excluding hydrogens is 944 g/mol. The van der Waals surface area contributed by atoms with Crippen LogP contribution in [0.2, 0.25) is 0 Å². The van der Waals surface area contributed by atoms with Gasteiger partial charge in [0.25, 0.3) is 6.29 Å². The maximum absolute atomic E-state index is 17.9. The number of alkyl carbamates (subject to hydrolysis) is 1. The molecule has 17 nitrogen and oxygen atoms in total. The van der Waals surface area contributed by atoms with Crippen molar-refractivity contribution in [1.82, 2.24) is 20.9 Å². The first-order valence-corrected chi connectivity index (χ1v) is 25.5. The standard InChI is InChI=1S/C55H67FN4O13/c1-28(2)43(48(67)71-49(68)44(63)55-42(72-51(5,6)73-55)25-39-38-20-19-31-24-32(61)21-22-52(31,7)54(38,56)41(62)26-53(39,55)8)59-46(65)40-18-13-23-60(40)47(66)30(4)57-45(64)29(3)58-50(69)70-27-37-35-16-11-9-14-33(35)34-15-10-12-17-36(34)37/h9-12,14-17,21-22,24,28-30,37-43,49,62,68H,13,18-20,23,25-27H2,1-8H3,(H,57,64)(H,58,69)(H,59,65)/t29-,30-,38?,39?,40-,41-,42?,43-,49?,52-,53-,54?,55-/m0/s1. The Bertz CT molecular complexity index is 2640. The molecule has 13 atom stereocenters. The second-order valence-electron chi connectivity index (χ2n) is 22.3. The predicted octanol–water partition coefficient (Wildman–Crippen LogP) is 4.85. The number of hydrogen-bond acceptors (Lipinski definition) is 13. The molecule has 3 saturated carbocycles. The Hall–Kier alpha value is -5.82. The molecule has 18 heteroatoms. The van der Waals surface area contributed by atoms with E-state index in [-0.39, 0.29) is 50.5 Å². The van der Waals surface area contributed by atoms with E-state index >= 15 is 4.39 Å². The van der Waals surface area contributed by atoms with E-state index in [9.17, 15) is 43.8 Å². The van der Waals surface area contributed by atoms with Gasteiger partial charge in [0.05, 0.1) is 12.2 Å². The highest BCUT2D eigenvalue weighted by molar-refractivity contribution is 6.01. The van der Waals surface area contributed by atoms with Crippen LogP contribution in [0.5, 0.6) is 0 Å². The Kier molecular flexibility index (Phi) is 13.4. The van der Waals surface area contributed by atoms with E-state index in [0.717, 1.165) is 22.3 Å². The fourth-order valence-electron chi connectivity index (χ4n) is 13.7. The van der Waals surface area contributed by atoms with Gasteiger partial charge in [0.15, 0.2) is 22.8 Å². The number of carbonyl (C=O) groups excluding carboxylic acids is 7. The largest absolute Gasteiger partial charge is 0.449 e. The number of allylic oxidation sites excluding steroid dienone is 4. The van der Waals surface area contributed by atoms with Gasteiger partial charge in [-0.1, -0.05) is 81.0 Å². The summed E-state index contributed by atoms with van der Waals surface area (Å²) >= 11 is 0. The fourth-order valence-corrected chi connectivity index (χ4v) is 13.7. The van der Waals surface area contributed by atoms with E-state index in [1.54, 1.807) is 41.5 Å². The van der Waals surface area contributed by atoms with Crippen molar-refractivity contribution in [1.29, 1.82) is 0 Å². The Labute approximate surface area is 424 Å². The quantitative estimate of drug-likeness (QED) is 0.134. The van der Waals surface area contributed by atoms with E-state index < -0.39 is 124 Å². The average molecular weight is 1010 g/mol. The Morgan fingerprint density at radius 3 is 2.21 bits per heavy atom. The van der Waals surface area contributed by atoms with Gasteiger partial charge in [-0.05, 0) is 119 Å². The van der Waals surface area contributed by atoms with Gasteiger partial charge in [-0.15, -0.1) is 0 Å². The Morgan fingerprint density at radius 2 is 1.55 bits per heavy atom. The number of carbonyl (C=O) groups is 7. The number of halogens is 1. The average Bonchev–Trinajstić information content (AvgIpc) is 4.08. The number of esters is 1. The molecule has 0 bridgehead atoms. The third kappa shape index (κ3) is 8.40. The number of likely N-dealkylation sites (tertiary alicyclic amines) is 1. The van der Waals surface area contributed by atoms with E-state index in [0.29, 0.717) is 18.4 Å². The van der Waals surface area contributed by atoms with Crippen LogP contribution < -0.4 is 16.0 Å². The van der Waals surface area contributed by atoms with Crippen LogP contribution in [0, 0.1) is 28.6 Å². The number of amides is 4. The van der Waals surface area contributed by atoms with E-state index in [4.69, 9.17) is 18.9 Å². The predicted molar refractivity (Wildman–Crippen MR) is 260 cm³/mol. The summed E-state index contributed by atoms with van der Waals surface area (Å²) < 4.78 is 41.9. The highest BCUT2D eigenvalue weighted by Crippen LogP contribution is 2.72. The van der Waals surface area contributed by atoms with Gasteiger partial charge in [-0.2, -0.15) is 0 Å². The van der Waals surface area contributed by atoms with Crippen LogP contribution in [-0.2, 0) is 47.7 Å². The van der Waals surface area contributed by atoms with Crippen LogP contribution in [0.3, 0.4) is 0 Å². The number of rotatable bonds is 13. The Balaban J connectivity index is 0.817. The molecule has 2 heterocycles. The van der Waals surface area contributed by atoms with Crippen LogP contribution in [0.4, 0.5) is 9.18 Å². The summed E-state index contributed by atoms with van der Waals surface area (Å²) in [7, 11) is 0. The minimum absolute atomic E-state index is 0.0401. The van der Waals surface area contributed by atoms with E-state index in [2.05, 4.69) is 16.0 Å². The zero-order valence-electron chi connectivity index (χ0n) is 42.6. The molecule has 2 aromatic rings. The molecule has 2 aliphatic heterocycles. The second-order valence-corrected chi connectivity index (χ2v) is 22.3. The van der Waals surface area contributed by atoms with Crippen molar-refractivity contribution in [2.24, 2.45) is 28.6 Å². The molecule has 9 rings (SSSR count). The molecule has 4 amide bonds. The summed E-state index contributed by atoms with van der Waals surface area (Å²) in [6.45, 7) is 13.0. The van der Waals surface area contributed by atoms with Crippen LogP contribution in [0.15, 0.2) is 72.3 Å². The summed E-state index contributed by atoms with van der Waals surface area (Å²) in [6.07, 6.45) is -0.452. The summed E-state index contributed by atoms with van der Waals surface area (Å²) in [4.78, 5) is 96.6. The number of nitrogens with one attached hydrogen (secondary N) is 3. The minimum atomic E-state index is -2.43. The first kappa shape index (κ1) is 52.1. The zero-order valence-corrected chi connectivity index (χ0v) is 42.6. The van der Waals surface area contributed by atoms with Gasteiger partial charge in [0.1, 0.15) is 30.8 Å². The number of ether oxygens (including phenoxy) is 4. The SMILES string of the molecule is CC(C)[C@H](NC(=O)[C@@H]1CCCN1C(=O)[C@H](C)NC(=O)[C@H](C)NC(=O)OCC1c2ccccc2-c2ccccc21)C(=O)OC(O)C(=O)[C@@]12OC(C)(C)OC1CC1C3CCC4=CC(=O)C=C[C@]4(C)C3(F)[C@@H](O)C[C@@]12C. The molecule has 392 valence electrons. The van der Waals surface area contributed by atoms with E-state index in [1.165, 1.54) is 37.0 Å². The molecule has 5 N–H and O–H groups in total. The number of hydrogen-bond donors (Lipinski definition) is 5. The summed E-state index contributed by atoms with van der Waals surface area (Å²) in [5.74, 6) is -8.00. The minimum Gasteiger partial charge on any atom is -0.449 e. The van der Waals surface area contributed by atoms with Crippen molar-refractivity contribution < 1.29 is 67.1 Å². The molecule has 0 spiro atoms. The van der Waals surface area contributed by atoms with Crippen LogP contribution in [0.25, 0.3) is 11.1 Å². The maximum Gasteiger partial charge on any atom is 0.407 e. The summed E-state index contributed by atoms with van der Waals surface area (Å²) in [5, 5.41) is 31.4. The lowest BCUT2D eigenvalue weighted by atomic mass is 9.44. The number of benzene rings is 2. The molecule has 7 aliphatic rings. The first-order valence-electron chi connectivity index (χ1n) is 25.5. The molecule has 73 heavy (non-hydrogen) atoms. The van der Waals surface area contributed by atoms with E-state index in [1.807, 2.05) is 48.5 Å². The molecule has 2 aromatic carbocycles. The number of ketones is 2. The number of nitrogens with zero attached hydrogens (tertiary/aromatic N) is 1. The summed E-state index contributed by atoms with van der Waals surface area (Å²) in [5.41, 5.74) is -2.06. The zero-order chi connectivity index (χ0) is 52.7. The number of Topliss-reactive ketones (excluding diaryl/α,β-unsaturated/α-hetero) is 1. The molecule has 5 aliphatic carbocycles. The summed E-state index contributed by atoms with van der Waals surface area (Å²) in [6, 6.07) is 11.1. The van der Waals surface area contributed by atoms with Crippen molar-refractivity contribution in [2.75, 3.05) is 13.2 Å². The molecular formula is C55H67FN4O13. The lowest BCUT2D eigenvalue weighted by molar-refractivity contribution is -0.251. The van der Waals surface area contributed by atoms with Gasteiger partial charge in [0, 0.05) is 29.2 Å². The van der Waals surface area contributed by atoms with Gasteiger partial charge >= 0.3 is 12.1 Å². The Morgan fingerprint density at radius 1 is 0.890 bits per heavy atom. The normalized spacial score (nSPS) is 33.1. The smallest absolute Gasteiger partial charge is 0.407 e. The molecule has 2 saturated heterocycles. The topological polar surface area (TPSA) is 236 Å². The second kappa shape index (κ2) is 18.8. The molecule has 5 fully saturated rings. The van der Waals surface area contributed by atoms with Crippen molar-refractivity contribution >= 4 is 41.4 Å². The van der Waals surface area contributed by atoms with Gasteiger partial charge in [-0.3, -0.25) is 24.0 Å². The highest BCUT2D eigenvalue weighted by Gasteiger charge is 2.81. The molecule has 0 radical (unpaired) electrons. The van der Waals surface area contributed by atoms with Crippen molar-refractivity contribution in [3.63, 3.8) is 0 Å². The van der Waals surface area contributed by atoms with Gasteiger partial charge in [0.2, 0.25) is 23.5 Å². The number of alkyl halides is 1. The monoisotopic (exact) mass is 1010 g/mol. The lowest BCUT2D eigenvalue weighted by Gasteiger charge is -2.62. The van der Waals surface area contributed by atoms with Crippen LogP contribution in [-0.4, -0.2) is 129 Å². The number of fused-ring (bicyclic) bond motifs is 10. The number of aliphatic hydroxyl groups excluding tert-OH is 2. The van der Waals surface area contributed by atoms with Crippen LogP contribution in [0.1, 0.15) is 111 Å². The van der Waals surface area contributed by atoms with Gasteiger partial charge in [-0.25, -0.2) is 14.0 Å². The first-order chi connectivity index (χ1) is 34.4. The highest BCUT2D eigenvalue weighted by atomic mass is 19.1. The molecule has 5 unspecified atom stereocenters. The van der Waals surface area contributed by atoms with Crippen molar-refractivity contribution in [3.8, 4) is 11.1 Å². The number of aliphatic hydroxyl groups is 2. The lowest BCUT2D eigenvalue weighted by Crippen LogP contribution is -2.70. The third-order valence-corrected chi connectivity index (χ3v) is 17.3. The van der Waals surface area contributed by atoms with Crippen LogP contribution >= 0.6 is 0 Å². The molecule has 0 aromatic heterocycles. The van der Waals surface area contributed by atoms with Crippen molar-refractivity contribution in [3.05, 3.63) is 83.5 Å². The van der Waals surface area contributed by atoms with Gasteiger partial charge < -0.3 is 50.0 Å². The van der Waals surface area contributed by atoms with Crippen molar-refractivity contribution in [2.45, 2.75) is 160 Å². The fraction of sp³-hybridized carbons (Fsp3) is 0.582.